The highest BCUT2D eigenvalue weighted by molar-refractivity contribution is 6.38. The van der Waals surface area contributed by atoms with E-state index in [9.17, 15) is 14.4 Å². The molecule has 8 heteroatoms. The summed E-state index contributed by atoms with van der Waals surface area (Å²) in [6.07, 6.45) is 4.88. The van der Waals surface area contributed by atoms with Crippen molar-refractivity contribution in [2.24, 2.45) is 0 Å². The number of ether oxygens (including phenoxy) is 1. The number of fused-ring (bicyclic) bond motifs is 1. The quantitative estimate of drug-likeness (QED) is 0.320. The number of carbonyl (C=O) groups is 3. The molecule has 7 nitrogen and oxygen atoms in total. The standard InChI is InChI=1S/C29H24ClN3O4/c1-2-3-16-32-24-17-20(19-8-5-4-6-9-19)12-14-25(24)37-26(32)15-13-23-27(34)31-29(36)33(28(23)35)22-11-7-10-21(30)18-22/h4-15,17-18H,2-3,16H2,1H3,(H,31,34,36)/b23-13+,26-15-. The summed E-state index contributed by atoms with van der Waals surface area (Å²) in [5.74, 6) is -0.328. The molecule has 0 aliphatic carbocycles. The van der Waals surface area contributed by atoms with Crippen LogP contribution in [0.1, 0.15) is 19.8 Å². The number of hydrogen-bond donors (Lipinski definition) is 1. The largest absolute Gasteiger partial charge is 0.439 e. The third kappa shape index (κ3) is 4.86. The Morgan fingerprint density at radius 2 is 1.73 bits per heavy atom. The van der Waals surface area contributed by atoms with Gasteiger partial charge in [0.2, 0.25) is 5.88 Å². The average Bonchev–Trinajstić information content (AvgIpc) is 3.24. The third-order valence-corrected chi connectivity index (χ3v) is 6.37. The van der Waals surface area contributed by atoms with Crippen molar-refractivity contribution in [2.45, 2.75) is 19.8 Å². The van der Waals surface area contributed by atoms with Crippen molar-refractivity contribution in [1.29, 1.82) is 0 Å². The molecule has 186 valence electrons. The van der Waals surface area contributed by atoms with Gasteiger partial charge in [-0.05, 0) is 60.0 Å². The van der Waals surface area contributed by atoms with Crippen molar-refractivity contribution < 1.29 is 19.1 Å². The lowest BCUT2D eigenvalue weighted by atomic mass is 10.0. The molecule has 0 aromatic heterocycles. The van der Waals surface area contributed by atoms with Crippen LogP contribution in [0.5, 0.6) is 5.75 Å². The smallest absolute Gasteiger partial charge is 0.335 e. The van der Waals surface area contributed by atoms with Gasteiger partial charge in [0.1, 0.15) is 5.57 Å². The summed E-state index contributed by atoms with van der Waals surface area (Å²) in [5, 5.41) is 2.59. The predicted octanol–water partition coefficient (Wildman–Crippen LogP) is 6.06. The number of amides is 4. The number of anilines is 2. The Labute approximate surface area is 219 Å². The molecule has 3 aromatic carbocycles. The highest BCUT2D eigenvalue weighted by Crippen LogP contribution is 2.41. The molecule has 2 aliphatic rings. The molecule has 2 aliphatic heterocycles. The van der Waals surface area contributed by atoms with Crippen molar-refractivity contribution in [2.75, 3.05) is 16.3 Å². The van der Waals surface area contributed by atoms with Crippen LogP contribution < -0.4 is 19.9 Å². The summed E-state index contributed by atoms with van der Waals surface area (Å²) in [6, 6.07) is 21.5. The van der Waals surface area contributed by atoms with Gasteiger partial charge in [0.25, 0.3) is 11.8 Å². The van der Waals surface area contributed by atoms with E-state index >= 15 is 0 Å². The first kappa shape index (κ1) is 24.3. The molecule has 37 heavy (non-hydrogen) atoms. The Balaban J connectivity index is 1.48. The lowest BCUT2D eigenvalue weighted by molar-refractivity contribution is -0.122. The molecule has 2 heterocycles. The zero-order chi connectivity index (χ0) is 25.9. The molecule has 4 amide bonds. The van der Waals surface area contributed by atoms with E-state index in [-0.39, 0.29) is 11.3 Å². The lowest BCUT2D eigenvalue weighted by Gasteiger charge is -2.26. The minimum Gasteiger partial charge on any atom is -0.439 e. The number of carbonyl (C=O) groups excluding carboxylic acids is 3. The molecule has 0 bridgehead atoms. The Kier molecular flexibility index (Phi) is 6.79. The van der Waals surface area contributed by atoms with Crippen LogP contribution in [-0.4, -0.2) is 24.4 Å². The average molecular weight is 514 g/mol. The molecule has 1 fully saturated rings. The molecule has 0 spiro atoms. The minimum absolute atomic E-state index is 0.188. The molecule has 0 atom stereocenters. The summed E-state index contributed by atoms with van der Waals surface area (Å²) >= 11 is 6.04. The zero-order valence-electron chi connectivity index (χ0n) is 20.1. The third-order valence-electron chi connectivity index (χ3n) is 6.13. The maximum absolute atomic E-state index is 13.2. The van der Waals surface area contributed by atoms with E-state index in [1.807, 2.05) is 35.2 Å². The Hall–Kier alpha value is -4.36. The van der Waals surface area contributed by atoms with Crippen molar-refractivity contribution in [3.8, 4) is 16.9 Å². The number of allylic oxidation sites excluding steroid dienone is 2. The number of benzene rings is 3. The molecular formula is C29H24ClN3O4. The fraction of sp³-hybridized carbons (Fsp3) is 0.138. The Morgan fingerprint density at radius 3 is 2.49 bits per heavy atom. The number of barbiturate groups is 1. The van der Waals surface area contributed by atoms with Crippen LogP contribution in [0.4, 0.5) is 16.2 Å². The summed E-state index contributed by atoms with van der Waals surface area (Å²) in [6.45, 7) is 2.81. The number of unbranched alkanes of at least 4 members (excludes halogenated alkanes) is 1. The van der Waals surface area contributed by atoms with E-state index < -0.39 is 17.8 Å². The van der Waals surface area contributed by atoms with Crippen LogP contribution in [0.15, 0.2) is 96.4 Å². The first-order valence-electron chi connectivity index (χ1n) is 12.0. The Bertz CT molecular complexity index is 1450. The van der Waals surface area contributed by atoms with Gasteiger partial charge in [-0.3, -0.25) is 14.9 Å². The van der Waals surface area contributed by atoms with E-state index in [1.54, 1.807) is 24.3 Å². The minimum atomic E-state index is -0.829. The van der Waals surface area contributed by atoms with E-state index in [0.29, 0.717) is 23.2 Å². The SMILES string of the molecule is CCCCN1/C(=C/C=C2\C(=O)NC(=O)N(c3cccc(Cl)c3)C2=O)Oc2ccc(-c3ccccc3)cc21. The van der Waals surface area contributed by atoms with Gasteiger partial charge in [-0.15, -0.1) is 0 Å². The molecule has 0 radical (unpaired) electrons. The van der Waals surface area contributed by atoms with Crippen LogP contribution in [-0.2, 0) is 9.59 Å². The fourth-order valence-corrected chi connectivity index (χ4v) is 4.45. The number of halogens is 1. The maximum Gasteiger partial charge on any atom is 0.335 e. The maximum atomic E-state index is 13.2. The Morgan fingerprint density at radius 1 is 0.919 bits per heavy atom. The zero-order valence-corrected chi connectivity index (χ0v) is 20.9. The molecule has 3 aromatic rings. The molecule has 1 N–H and O–H groups in total. The number of hydrogen-bond acceptors (Lipinski definition) is 5. The molecule has 0 saturated carbocycles. The second kappa shape index (κ2) is 10.3. The van der Waals surface area contributed by atoms with Crippen LogP contribution in [0.2, 0.25) is 5.02 Å². The van der Waals surface area contributed by atoms with E-state index in [0.717, 1.165) is 34.6 Å². The van der Waals surface area contributed by atoms with Crippen molar-refractivity contribution in [3.63, 3.8) is 0 Å². The van der Waals surface area contributed by atoms with Gasteiger partial charge in [0, 0.05) is 11.6 Å². The monoisotopic (exact) mass is 513 g/mol. The molecule has 5 rings (SSSR count). The lowest BCUT2D eigenvalue weighted by Crippen LogP contribution is -2.54. The number of urea groups is 1. The van der Waals surface area contributed by atoms with Crippen molar-refractivity contribution >= 4 is 40.8 Å². The van der Waals surface area contributed by atoms with Crippen LogP contribution >= 0.6 is 11.6 Å². The molecule has 0 unspecified atom stereocenters. The topological polar surface area (TPSA) is 79.0 Å². The van der Waals surface area contributed by atoms with Crippen molar-refractivity contribution in [1.82, 2.24) is 5.32 Å². The second-order valence-electron chi connectivity index (χ2n) is 8.62. The summed E-state index contributed by atoms with van der Waals surface area (Å²) in [5.41, 5.74) is 3.14. The van der Waals surface area contributed by atoms with Crippen LogP contribution in [0, 0.1) is 0 Å². The summed E-state index contributed by atoms with van der Waals surface area (Å²) < 4.78 is 6.12. The highest BCUT2D eigenvalue weighted by atomic mass is 35.5. The number of nitrogens with one attached hydrogen (secondary N) is 1. The van der Waals surface area contributed by atoms with Crippen molar-refractivity contribution in [3.05, 3.63) is 101 Å². The van der Waals surface area contributed by atoms with Crippen LogP contribution in [0.25, 0.3) is 11.1 Å². The molecular weight excluding hydrogens is 490 g/mol. The van der Waals surface area contributed by atoms with Gasteiger partial charge in [0.05, 0.1) is 11.4 Å². The second-order valence-corrected chi connectivity index (χ2v) is 9.06. The van der Waals surface area contributed by atoms with Gasteiger partial charge in [-0.1, -0.05) is 67.4 Å². The number of nitrogens with zero attached hydrogens (tertiary/aromatic N) is 2. The van der Waals surface area contributed by atoms with E-state index in [4.69, 9.17) is 16.3 Å². The molecule has 1 saturated heterocycles. The normalized spacial score (nSPS) is 17.3. The summed E-state index contributed by atoms with van der Waals surface area (Å²) in [4.78, 5) is 41.1. The van der Waals surface area contributed by atoms with Gasteiger partial charge in [-0.25, -0.2) is 9.69 Å². The van der Waals surface area contributed by atoms with E-state index in [2.05, 4.69) is 30.4 Å². The van der Waals surface area contributed by atoms with Gasteiger partial charge < -0.3 is 9.64 Å². The number of rotatable bonds is 6. The number of imide groups is 2. The van der Waals surface area contributed by atoms with Crippen LogP contribution in [0.3, 0.4) is 0 Å². The first-order valence-corrected chi connectivity index (χ1v) is 12.4. The summed E-state index contributed by atoms with van der Waals surface area (Å²) in [7, 11) is 0. The predicted molar refractivity (Wildman–Crippen MR) is 143 cm³/mol. The first-order chi connectivity index (χ1) is 18.0. The van der Waals surface area contributed by atoms with Gasteiger partial charge in [0.15, 0.2) is 5.75 Å². The highest BCUT2D eigenvalue weighted by Gasteiger charge is 2.37. The fourth-order valence-electron chi connectivity index (χ4n) is 4.26. The van der Waals surface area contributed by atoms with Gasteiger partial charge >= 0.3 is 6.03 Å². The van der Waals surface area contributed by atoms with E-state index in [1.165, 1.54) is 12.1 Å². The van der Waals surface area contributed by atoms with Gasteiger partial charge in [-0.2, -0.15) is 0 Å².